The molecule has 0 radical (unpaired) electrons. The lowest BCUT2D eigenvalue weighted by Crippen LogP contribution is -2.24. The number of nitrogens with one attached hydrogen (secondary N) is 2. The van der Waals surface area contributed by atoms with Gasteiger partial charge in [0.1, 0.15) is 0 Å². The molecule has 0 aliphatic carbocycles. The zero-order valence-corrected chi connectivity index (χ0v) is 15.7. The van der Waals surface area contributed by atoms with Crippen LogP contribution in [0.25, 0.3) is 11.5 Å². The Balaban J connectivity index is 0.00000288. The molecule has 1 aromatic carbocycles. The summed E-state index contributed by atoms with van der Waals surface area (Å²) in [4.78, 5) is 16.2. The minimum absolute atomic E-state index is 0. The van der Waals surface area contributed by atoms with Crippen molar-refractivity contribution in [3.05, 3.63) is 29.0 Å². The zero-order chi connectivity index (χ0) is 17.0. The van der Waals surface area contributed by atoms with E-state index in [1.165, 1.54) is 0 Å². The van der Waals surface area contributed by atoms with Crippen LogP contribution in [0.4, 0.5) is 5.69 Å². The third kappa shape index (κ3) is 5.19. The Labute approximate surface area is 152 Å². The van der Waals surface area contributed by atoms with Crippen molar-refractivity contribution < 1.29 is 9.32 Å². The Kier molecular flexibility index (Phi) is 7.66. The third-order valence-corrected chi connectivity index (χ3v) is 3.77. The molecule has 0 fully saturated rings. The molecule has 0 aliphatic heterocycles. The van der Waals surface area contributed by atoms with Gasteiger partial charge in [0.05, 0.1) is 10.6 Å². The highest BCUT2D eigenvalue weighted by atomic mass is 35.5. The molecule has 0 spiro atoms. The molecule has 2 N–H and O–H groups in total. The minimum Gasteiger partial charge on any atom is -0.334 e. The van der Waals surface area contributed by atoms with Gasteiger partial charge in [0.15, 0.2) is 5.82 Å². The van der Waals surface area contributed by atoms with Crippen molar-refractivity contribution in [3.8, 4) is 11.5 Å². The molecular weight excluding hydrogens is 351 g/mol. The molecule has 132 valence electrons. The normalized spacial score (nSPS) is 11.9. The van der Waals surface area contributed by atoms with Crippen LogP contribution < -0.4 is 10.6 Å². The maximum atomic E-state index is 11.8. The van der Waals surface area contributed by atoms with E-state index in [1.807, 2.05) is 27.8 Å². The van der Waals surface area contributed by atoms with E-state index < -0.39 is 0 Å². The second kappa shape index (κ2) is 9.01. The molecule has 1 atom stereocenters. The van der Waals surface area contributed by atoms with E-state index in [0.29, 0.717) is 34.4 Å². The first-order valence-electron chi connectivity index (χ1n) is 7.51. The van der Waals surface area contributed by atoms with Crippen molar-refractivity contribution in [2.45, 2.75) is 33.2 Å². The Morgan fingerprint density at radius 3 is 2.67 bits per heavy atom. The molecule has 0 saturated heterocycles. The predicted molar refractivity (Wildman–Crippen MR) is 97.7 cm³/mol. The van der Waals surface area contributed by atoms with E-state index in [0.717, 1.165) is 0 Å². The second-order valence-electron chi connectivity index (χ2n) is 5.75. The first kappa shape index (κ1) is 20.4. The summed E-state index contributed by atoms with van der Waals surface area (Å²) in [5.74, 6) is 0.781. The van der Waals surface area contributed by atoms with Gasteiger partial charge < -0.3 is 15.2 Å². The summed E-state index contributed by atoms with van der Waals surface area (Å²) in [6.45, 7) is 5.70. The number of anilines is 1. The summed E-state index contributed by atoms with van der Waals surface area (Å²) in [5.41, 5.74) is 1.25. The van der Waals surface area contributed by atoms with E-state index in [4.69, 9.17) is 16.1 Å². The van der Waals surface area contributed by atoms with E-state index in [9.17, 15) is 4.79 Å². The average Bonchev–Trinajstić information content (AvgIpc) is 2.97. The highest BCUT2D eigenvalue weighted by Gasteiger charge is 2.15. The first-order chi connectivity index (χ1) is 10.9. The van der Waals surface area contributed by atoms with Gasteiger partial charge in [-0.2, -0.15) is 4.98 Å². The van der Waals surface area contributed by atoms with E-state index in [1.54, 1.807) is 18.2 Å². The highest BCUT2D eigenvalue weighted by molar-refractivity contribution is 6.33. The molecular formula is C16H22Cl2N4O2. The van der Waals surface area contributed by atoms with Crippen LogP contribution in [0.1, 0.15) is 26.6 Å². The fraction of sp³-hybridized carbons (Fsp3) is 0.438. The lowest BCUT2D eigenvalue weighted by Gasteiger charge is -2.09. The average molecular weight is 373 g/mol. The van der Waals surface area contributed by atoms with Crippen LogP contribution in [0.15, 0.2) is 22.7 Å². The summed E-state index contributed by atoms with van der Waals surface area (Å²) in [7, 11) is 1.88. The van der Waals surface area contributed by atoms with Crippen LogP contribution >= 0.6 is 24.0 Å². The van der Waals surface area contributed by atoms with Gasteiger partial charge in [0.2, 0.25) is 5.91 Å². The molecule has 2 rings (SSSR count). The van der Waals surface area contributed by atoms with Crippen molar-refractivity contribution in [1.82, 2.24) is 15.5 Å². The standard InChI is InChI=1S/C16H21ClN4O2.ClH/c1-9(2)15(22)19-11-5-6-13(17)12(8-11)16-20-14(21-23-16)7-10(3)18-4;/h5-6,8-10,18H,7H2,1-4H3,(H,19,22);1H. The molecule has 2 aromatic rings. The van der Waals surface area contributed by atoms with Crippen molar-refractivity contribution in [2.24, 2.45) is 5.92 Å². The summed E-state index contributed by atoms with van der Waals surface area (Å²) in [6.07, 6.45) is 0.654. The lowest BCUT2D eigenvalue weighted by atomic mass is 10.1. The van der Waals surface area contributed by atoms with E-state index in [-0.39, 0.29) is 30.3 Å². The number of nitrogens with zero attached hydrogens (tertiary/aromatic N) is 2. The molecule has 24 heavy (non-hydrogen) atoms. The van der Waals surface area contributed by atoms with Gasteiger partial charge in [-0.25, -0.2) is 0 Å². The predicted octanol–water partition coefficient (Wildman–Crippen LogP) is 3.56. The highest BCUT2D eigenvalue weighted by Crippen LogP contribution is 2.29. The van der Waals surface area contributed by atoms with Gasteiger partial charge in [0, 0.05) is 24.1 Å². The van der Waals surface area contributed by atoms with Gasteiger partial charge in [0.25, 0.3) is 5.89 Å². The molecule has 1 amide bonds. The fourth-order valence-electron chi connectivity index (χ4n) is 1.88. The van der Waals surface area contributed by atoms with E-state index >= 15 is 0 Å². The zero-order valence-electron chi connectivity index (χ0n) is 14.1. The van der Waals surface area contributed by atoms with E-state index in [2.05, 4.69) is 20.8 Å². The Bertz CT molecular complexity index is 688. The molecule has 1 heterocycles. The van der Waals surface area contributed by atoms with Crippen LogP contribution in [0, 0.1) is 5.92 Å². The largest absolute Gasteiger partial charge is 0.334 e. The summed E-state index contributed by atoms with van der Waals surface area (Å²) < 4.78 is 5.30. The Hall–Kier alpha value is -1.63. The Morgan fingerprint density at radius 1 is 1.33 bits per heavy atom. The number of halogens is 2. The number of hydrogen-bond donors (Lipinski definition) is 2. The maximum Gasteiger partial charge on any atom is 0.259 e. The summed E-state index contributed by atoms with van der Waals surface area (Å²) in [5, 5.41) is 10.4. The number of amides is 1. The molecule has 0 aliphatic rings. The van der Waals surface area contributed by atoms with Crippen LogP contribution in [-0.4, -0.2) is 29.1 Å². The number of benzene rings is 1. The summed E-state index contributed by atoms with van der Waals surface area (Å²) >= 11 is 6.22. The van der Waals surface area contributed by atoms with Crippen molar-refractivity contribution in [3.63, 3.8) is 0 Å². The van der Waals surface area contributed by atoms with Crippen LogP contribution in [0.5, 0.6) is 0 Å². The Morgan fingerprint density at radius 2 is 2.04 bits per heavy atom. The molecule has 6 nitrogen and oxygen atoms in total. The topological polar surface area (TPSA) is 80.0 Å². The SMILES string of the molecule is CNC(C)Cc1noc(-c2cc(NC(=O)C(C)C)ccc2Cl)n1.Cl. The molecule has 0 bridgehead atoms. The number of rotatable bonds is 6. The van der Waals surface area contributed by atoms with Crippen LogP contribution in [-0.2, 0) is 11.2 Å². The quantitative estimate of drug-likeness (QED) is 0.809. The molecule has 1 unspecified atom stereocenters. The summed E-state index contributed by atoms with van der Waals surface area (Å²) in [6, 6.07) is 5.42. The van der Waals surface area contributed by atoms with Crippen molar-refractivity contribution >= 4 is 35.6 Å². The maximum absolute atomic E-state index is 11.8. The van der Waals surface area contributed by atoms with Crippen LogP contribution in [0.2, 0.25) is 5.02 Å². The van der Waals surface area contributed by atoms with Gasteiger partial charge in [-0.1, -0.05) is 30.6 Å². The fourth-order valence-corrected chi connectivity index (χ4v) is 2.07. The molecule has 0 saturated carbocycles. The monoisotopic (exact) mass is 372 g/mol. The van der Waals surface area contributed by atoms with Crippen molar-refractivity contribution in [2.75, 3.05) is 12.4 Å². The number of carbonyl (C=O) groups is 1. The minimum atomic E-state index is -0.104. The van der Waals surface area contributed by atoms with Gasteiger partial charge in [-0.05, 0) is 32.2 Å². The molecule has 8 heteroatoms. The first-order valence-corrected chi connectivity index (χ1v) is 7.89. The van der Waals surface area contributed by atoms with Crippen molar-refractivity contribution in [1.29, 1.82) is 0 Å². The number of aromatic nitrogens is 2. The number of hydrogen-bond acceptors (Lipinski definition) is 5. The number of likely N-dealkylation sites (N-methyl/N-ethyl adjacent to an activating group) is 1. The van der Waals surface area contributed by atoms with Gasteiger partial charge >= 0.3 is 0 Å². The smallest absolute Gasteiger partial charge is 0.259 e. The van der Waals surface area contributed by atoms with Gasteiger partial charge in [-0.15, -0.1) is 12.4 Å². The molecule has 1 aromatic heterocycles. The lowest BCUT2D eigenvalue weighted by molar-refractivity contribution is -0.118. The third-order valence-electron chi connectivity index (χ3n) is 3.44. The second-order valence-corrected chi connectivity index (χ2v) is 6.16. The van der Waals surface area contributed by atoms with Crippen LogP contribution in [0.3, 0.4) is 0 Å². The van der Waals surface area contributed by atoms with Gasteiger partial charge in [-0.3, -0.25) is 4.79 Å². The number of carbonyl (C=O) groups excluding carboxylic acids is 1.